The number of ether oxygens (including phenoxy) is 1. The molecule has 0 aliphatic carbocycles. The number of amides is 1. The maximum atomic E-state index is 12.4. The van der Waals surface area contributed by atoms with E-state index in [1.807, 2.05) is 6.92 Å². The number of anilines is 1. The summed E-state index contributed by atoms with van der Waals surface area (Å²) in [6.07, 6.45) is 0.711. The van der Waals surface area contributed by atoms with Gasteiger partial charge in [0.2, 0.25) is 0 Å². The zero-order valence-corrected chi connectivity index (χ0v) is 15.9. The largest absolute Gasteiger partial charge is 0.382 e. The van der Waals surface area contributed by atoms with Gasteiger partial charge in [0.1, 0.15) is 0 Å². The quantitative estimate of drug-likeness (QED) is 0.637. The Labute approximate surface area is 158 Å². The molecule has 0 aliphatic heterocycles. The number of carbonyl (C=O) groups excluding carboxylic acids is 1. The number of sulfonamides is 1. The van der Waals surface area contributed by atoms with E-state index in [0.717, 1.165) is 0 Å². The molecule has 1 amide bonds. The lowest BCUT2D eigenvalue weighted by Crippen LogP contribution is -2.25. The van der Waals surface area contributed by atoms with Crippen molar-refractivity contribution in [2.45, 2.75) is 18.2 Å². The topological polar surface area (TPSA) is 84.5 Å². The Hall–Kier alpha value is -2.09. The van der Waals surface area contributed by atoms with Crippen LogP contribution in [0.5, 0.6) is 0 Å². The maximum Gasteiger partial charge on any atom is 0.261 e. The van der Waals surface area contributed by atoms with Crippen molar-refractivity contribution in [1.82, 2.24) is 5.32 Å². The first-order valence-corrected chi connectivity index (χ1v) is 10.0. The van der Waals surface area contributed by atoms with E-state index in [-0.39, 0.29) is 10.8 Å². The number of nitrogens with one attached hydrogen (secondary N) is 2. The van der Waals surface area contributed by atoms with Crippen LogP contribution in [-0.2, 0) is 14.8 Å². The number of carbonyl (C=O) groups is 1. The predicted octanol–water partition coefficient (Wildman–Crippen LogP) is 3.30. The summed E-state index contributed by atoms with van der Waals surface area (Å²) in [4.78, 5) is 12.2. The Morgan fingerprint density at radius 1 is 1.15 bits per heavy atom. The van der Waals surface area contributed by atoms with Gasteiger partial charge in [-0.3, -0.25) is 9.52 Å². The third-order valence-corrected chi connectivity index (χ3v) is 5.11. The van der Waals surface area contributed by atoms with Crippen molar-refractivity contribution in [2.24, 2.45) is 0 Å². The second-order valence-corrected chi connectivity index (χ2v) is 7.57. The van der Waals surface area contributed by atoms with Crippen LogP contribution in [0.15, 0.2) is 53.4 Å². The van der Waals surface area contributed by atoms with Gasteiger partial charge >= 0.3 is 0 Å². The molecule has 0 bridgehead atoms. The van der Waals surface area contributed by atoms with Crippen LogP contribution in [0.1, 0.15) is 23.7 Å². The molecule has 8 heteroatoms. The van der Waals surface area contributed by atoms with Crippen LogP contribution in [0, 0.1) is 0 Å². The lowest BCUT2D eigenvalue weighted by Gasteiger charge is -2.10. The molecule has 0 unspecified atom stereocenters. The first kappa shape index (κ1) is 20.2. The molecule has 0 heterocycles. The minimum atomic E-state index is -3.76. The molecule has 2 rings (SSSR count). The van der Waals surface area contributed by atoms with Crippen molar-refractivity contribution in [2.75, 3.05) is 24.5 Å². The fourth-order valence-corrected chi connectivity index (χ4v) is 3.35. The molecule has 2 N–H and O–H groups in total. The highest BCUT2D eigenvalue weighted by Crippen LogP contribution is 2.19. The van der Waals surface area contributed by atoms with Crippen molar-refractivity contribution in [3.63, 3.8) is 0 Å². The van der Waals surface area contributed by atoms with Gasteiger partial charge in [0, 0.05) is 36.0 Å². The van der Waals surface area contributed by atoms with Crippen molar-refractivity contribution < 1.29 is 17.9 Å². The van der Waals surface area contributed by atoms with Gasteiger partial charge in [-0.05, 0) is 55.8 Å². The molecule has 0 saturated carbocycles. The molecule has 0 spiro atoms. The fourth-order valence-electron chi connectivity index (χ4n) is 2.17. The van der Waals surface area contributed by atoms with Crippen molar-refractivity contribution in [3.8, 4) is 0 Å². The fraction of sp³-hybridized carbons (Fsp3) is 0.278. The Balaban J connectivity index is 2.02. The summed E-state index contributed by atoms with van der Waals surface area (Å²) in [6.45, 7) is 3.62. The van der Waals surface area contributed by atoms with Crippen LogP contribution in [0.3, 0.4) is 0 Å². The minimum Gasteiger partial charge on any atom is -0.382 e. The molecule has 2 aromatic carbocycles. The van der Waals surface area contributed by atoms with Crippen molar-refractivity contribution in [1.29, 1.82) is 0 Å². The molecule has 0 fully saturated rings. The van der Waals surface area contributed by atoms with Gasteiger partial charge in [0.15, 0.2) is 0 Å². The third-order valence-electron chi connectivity index (χ3n) is 3.46. The van der Waals surface area contributed by atoms with Gasteiger partial charge in [0.05, 0.1) is 4.90 Å². The summed E-state index contributed by atoms with van der Waals surface area (Å²) in [6, 6.07) is 12.2. The molecule has 0 aromatic heterocycles. The standard InChI is InChI=1S/C18H21ClN2O4S/c1-2-25-12-4-11-20-18(22)14-5-3-6-16(13-14)21-26(23,24)17-9-7-15(19)8-10-17/h3,5-10,13,21H,2,4,11-12H2,1H3,(H,20,22). The molecular weight excluding hydrogens is 376 g/mol. The van der Waals surface area contributed by atoms with E-state index in [9.17, 15) is 13.2 Å². The lowest BCUT2D eigenvalue weighted by molar-refractivity contribution is 0.0944. The molecule has 140 valence electrons. The van der Waals surface area contributed by atoms with E-state index in [1.54, 1.807) is 18.2 Å². The van der Waals surface area contributed by atoms with Crippen LogP contribution in [0.2, 0.25) is 5.02 Å². The molecular formula is C18H21ClN2O4S. The van der Waals surface area contributed by atoms with E-state index in [4.69, 9.17) is 16.3 Å². The monoisotopic (exact) mass is 396 g/mol. The zero-order valence-electron chi connectivity index (χ0n) is 14.4. The molecule has 6 nitrogen and oxygen atoms in total. The predicted molar refractivity (Wildman–Crippen MR) is 102 cm³/mol. The lowest BCUT2D eigenvalue weighted by atomic mass is 10.2. The van der Waals surface area contributed by atoms with Crippen molar-refractivity contribution >= 4 is 33.2 Å². The van der Waals surface area contributed by atoms with E-state index < -0.39 is 10.0 Å². The Morgan fingerprint density at radius 3 is 2.58 bits per heavy atom. The van der Waals surface area contributed by atoms with Crippen LogP contribution in [-0.4, -0.2) is 34.1 Å². The van der Waals surface area contributed by atoms with Crippen LogP contribution in [0.4, 0.5) is 5.69 Å². The second kappa shape index (κ2) is 9.56. The Morgan fingerprint density at radius 2 is 1.88 bits per heavy atom. The average Bonchev–Trinajstić information content (AvgIpc) is 2.61. The number of benzene rings is 2. The summed E-state index contributed by atoms with van der Waals surface area (Å²) in [5.74, 6) is -0.269. The molecule has 2 aromatic rings. The van der Waals surface area contributed by atoms with Gasteiger partial charge in [-0.25, -0.2) is 8.42 Å². The number of rotatable bonds is 9. The van der Waals surface area contributed by atoms with E-state index in [0.29, 0.717) is 42.5 Å². The van der Waals surface area contributed by atoms with Gasteiger partial charge in [-0.2, -0.15) is 0 Å². The van der Waals surface area contributed by atoms with E-state index in [2.05, 4.69) is 10.0 Å². The minimum absolute atomic E-state index is 0.0904. The first-order valence-electron chi connectivity index (χ1n) is 8.17. The normalized spacial score (nSPS) is 11.2. The van der Waals surface area contributed by atoms with Crippen LogP contribution >= 0.6 is 11.6 Å². The maximum absolute atomic E-state index is 12.4. The summed E-state index contributed by atoms with van der Waals surface area (Å²) in [7, 11) is -3.76. The number of hydrogen-bond donors (Lipinski definition) is 2. The van der Waals surface area contributed by atoms with Gasteiger partial charge in [-0.15, -0.1) is 0 Å². The van der Waals surface area contributed by atoms with Crippen LogP contribution < -0.4 is 10.0 Å². The van der Waals surface area contributed by atoms with E-state index >= 15 is 0 Å². The number of halogens is 1. The van der Waals surface area contributed by atoms with Crippen molar-refractivity contribution in [3.05, 3.63) is 59.1 Å². The number of hydrogen-bond acceptors (Lipinski definition) is 4. The zero-order chi connectivity index (χ0) is 19.0. The SMILES string of the molecule is CCOCCCNC(=O)c1cccc(NS(=O)(=O)c2ccc(Cl)cc2)c1. The molecule has 0 aliphatic rings. The molecule has 26 heavy (non-hydrogen) atoms. The van der Waals surface area contributed by atoms with Gasteiger partial charge in [0.25, 0.3) is 15.9 Å². The second-order valence-electron chi connectivity index (χ2n) is 5.45. The third kappa shape index (κ3) is 6.01. The van der Waals surface area contributed by atoms with Gasteiger partial charge < -0.3 is 10.1 Å². The average molecular weight is 397 g/mol. The highest BCUT2D eigenvalue weighted by molar-refractivity contribution is 7.92. The van der Waals surface area contributed by atoms with Gasteiger partial charge in [-0.1, -0.05) is 17.7 Å². The molecule has 0 saturated heterocycles. The molecule has 0 atom stereocenters. The summed E-state index contributed by atoms with van der Waals surface area (Å²) in [5, 5.41) is 3.23. The summed E-state index contributed by atoms with van der Waals surface area (Å²) in [5.41, 5.74) is 0.680. The first-order chi connectivity index (χ1) is 12.4. The summed E-state index contributed by atoms with van der Waals surface area (Å²) < 4.78 is 32.5. The Kier molecular flexibility index (Phi) is 7.44. The van der Waals surface area contributed by atoms with Crippen LogP contribution in [0.25, 0.3) is 0 Å². The highest BCUT2D eigenvalue weighted by atomic mass is 35.5. The molecule has 0 radical (unpaired) electrons. The highest BCUT2D eigenvalue weighted by Gasteiger charge is 2.15. The summed E-state index contributed by atoms with van der Waals surface area (Å²) >= 11 is 5.78. The Bertz CT molecular complexity index is 839. The van der Waals surface area contributed by atoms with E-state index in [1.165, 1.54) is 30.3 Å². The smallest absolute Gasteiger partial charge is 0.261 e.